The minimum Gasteiger partial charge on any atom is -0.308 e. The van der Waals surface area contributed by atoms with E-state index in [2.05, 4.69) is 22.2 Å². The van der Waals surface area contributed by atoms with Crippen LogP contribution in [-0.2, 0) is 6.54 Å². The zero-order chi connectivity index (χ0) is 13.5. The summed E-state index contributed by atoms with van der Waals surface area (Å²) in [4.78, 5) is 8.30. The molecule has 4 aliphatic rings. The third kappa shape index (κ3) is 2.26. The van der Waals surface area contributed by atoms with E-state index in [0.717, 1.165) is 41.8 Å². The summed E-state index contributed by atoms with van der Waals surface area (Å²) in [5.74, 6) is 5.05. The van der Waals surface area contributed by atoms with E-state index in [0.29, 0.717) is 6.04 Å². The van der Waals surface area contributed by atoms with Crippen LogP contribution in [-0.4, -0.2) is 16.0 Å². The normalized spacial score (nSPS) is 40.0. The molecule has 1 aromatic rings. The summed E-state index contributed by atoms with van der Waals surface area (Å²) in [7, 11) is 0. The van der Waals surface area contributed by atoms with Gasteiger partial charge in [-0.25, -0.2) is 9.97 Å². The van der Waals surface area contributed by atoms with Gasteiger partial charge in [-0.15, -0.1) is 0 Å². The minimum atomic E-state index is 0.625. The molecule has 3 nitrogen and oxygen atoms in total. The molecule has 0 aliphatic heterocycles. The van der Waals surface area contributed by atoms with Crippen LogP contribution in [0.15, 0.2) is 18.6 Å². The molecule has 1 aromatic heterocycles. The fraction of sp³-hybridized carbons (Fsp3) is 0.765. The molecule has 0 spiro atoms. The van der Waals surface area contributed by atoms with E-state index in [1.54, 1.807) is 12.7 Å². The van der Waals surface area contributed by atoms with Gasteiger partial charge in [-0.1, -0.05) is 0 Å². The van der Waals surface area contributed by atoms with E-state index in [4.69, 9.17) is 0 Å². The van der Waals surface area contributed by atoms with E-state index >= 15 is 0 Å². The van der Waals surface area contributed by atoms with E-state index in [1.807, 2.05) is 12.3 Å². The average molecular weight is 271 g/mol. The Labute approximate surface area is 121 Å². The number of hydrogen-bond donors (Lipinski definition) is 1. The summed E-state index contributed by atoms with van der Waals surface area (Å²) < 4.78 is 0. The molecule has 4 bridgehead atoms. The summed E-state index contributed by atoms with van der Waals surface area (Å²) in [6.07, 6.45) is 11.1. The third-order valence-corrected chi connectivity index (χ3v) is 6.13. The van der Waals surface area contributed by atoms with Crippen molar-refractivity contribution in [1.29, 1.82) is 0 Å². The summed E-state index contributed by atoms with van der Waals surface area (Å²) >= 11 is 0. The molecule has 1 unspecified atom stereocenters. The van der Waals surface area contributed by atoms with Crippen LogP contribution in [0.4, 0.5) is 0 Å². The maximum atomic E-state index is 4.31. The van der Waals surface area contributed by atoms with Crippen LogP contribution in [0.2, 0.25) is 0 Å². The van der Waals surface area contributed by atoms with Gasteiger partial charge in [0.2, 0.25) is 0 Å². The lowest BCUT2D eigenvalue weighted by atomic mass is 9.50. The van der Waals surface area contributed by atoms with Crippen LogP contribution >= 0.6 is 0 Å². The molecule has 5 rings (SSSR count). The molecule has 0 radical (unpaired) electrons. The van der Waals surface area contributed by atoms with Crippen molar-refractivity contribution in [2.75, 3.05) is 0 Å². The van der Waals surface area contributed by atoms with Gasteiger partial charge in [0.25, 0.3) is 0 Å². The van der Waals surface area contributed by atoms with E-state index in [-0.39, 0.29) is 0 Å². The maximum Gasteiger partial charge on any atom is 0.115 e. The van der Waals surface area contributed by atoms with Gasteiger partial charge in [0, 0.05) is 18.8 Å². The number of nitrogens with zero attached hydrogens (tertiary/aromatic N) is 2. The lowest BCUT2D eigenvalue weighted by Gasteiger charge is -2.56. The van der Waals surface area contributed by atoms with Gasteiger partial charge >= 0.3 is 0 Å². The quantitative estimate of drug-likeness (QED) is 0.914. The van der Waals surface area contributed by atoms with E-state index < -0.39 is 0 Å². The predicted octanol–water partition coefficient (Wildman–Crippen LogP) is 3.03. The molecule has 4 saturated carbocycles. The SMILES string of the molecule is CC(NCc1ccncn1)C1C2CC3CC(C2)CC1C3. The van der Waals surface area contributed by atoms with Gasteiger partial charge in [-0.05, 0) is 74.7 Å². The molecule has 0 saturated heterocycles. The molecular weight excluding hydrogens is 246 g/mol. The van der Waals surface area contributed by atoms with Gasteiger partial charge in [0.05, 0.1) is 5.69 Å². The Morgan fingerprint density at radius 1 is 1.15 bits per heavy atom. The number of rotatable bonds is 4. The molecule has 3 heteroatoms. The predicted molar refractivity (Wildman–Crippen MR) is 78.9 cm³/mol. The monoisotopic (exact) mass is 271 g/mol. The number of aromatic nitrogens is 2. The fourth-order valence-corrected chi connectivity index (χ4v) is 5.61. The Balaban J connectivity index is 1.40. The van der Waals surface area contributed by atoms with Gasteiger partial charge < -0.3 is 5.32 Å². The topological polar surface area (TPSA) is 37.8 Å². The lowest BCUT2D eigenvalue weighted by Crippen LogP contribution is -2.51. The lowest BCUT2D eigenvalue weighted by molar-refractivity contribution is -0.0494. The second-order valence-electron chi connectivity index (χ2n) is 7.38. The number of hydrogen-bond acceptors (Lipinski definition) is 3. The smallest absolute Gasteiger partial charge is 0.115 e. The van der Waals surface area contributed by atoms with Crippen LogP contribution in [0.5, 0.6) is 0 Å². The zero-order valence-electron chi connectivity index (χ0n) is 12.3. The Morgan fingerprint density at radius 2 is 1.85 bits per heavy atom. The summed E-state index contributed by atoms with van der Waals surface area (Å²) in [5, 5.41) is 3.74. The zero-order valence-corrected chi connectivity index (χ0v) is 12.3. The second kappa shape index (κ2) is 5.10. The molecule has 0 aromatic carbocycles. The van der Waals surface area contributed by atoms with Crippen LogP contribution in [0.3, 0.4) is 0 Å². The van der Waals surface area contributed by atoms with Crippen LogP contribution < -0.4 is 5.32 Å². The summed E-state index contributed by atoms with van der Waals surface area (Å²) in [6, 6.07) is 2.64. The van der Waals surface area contributed by atoms with Gasteiger partial charge in [0.1, 0.15) is 6.33 Å². The first-order valence-corrected chi connectivity index (χ1v) is 8.28. The van der Waals surface area contributed by atoms with Crippen molar-refractivity contribution in [2.24, 2.45) is 29.6 Å². The van der Waals surface area contributed by atoms with Crippen molar-refractivity contribution < 1.29 is 0 Å². The van der Waals surface area contributed by atoms with E-state index in [9.17, 15) is 0 Å². The molecule has 1 atom stereocenters. The van der Waals surface area contributed by atoms with E-state index in [1.165, 1.54) is 25.7 Å². The third-order valence-electron chi connectivity index (χ3n) is 6.13. The Kier molecular flexibility index (Phi) is 3.25. The molecule has 0 amide bonds. The van der Waals surface area contributed by atoms with Crippen molar-refractivity contribution in [3.63, 3.8) is 0 Å². The fourth-order valence-electron chi connectivity index (χ4n) is 5.61. The standard InChI is InChI=1S/C17H25N3/c1-11(19-9-16-2-3-18-10-20-16)17-14-5-12-4-13(7-14)8-15(17)6-12/h2-3,10-15,17,19H,4-9H2,1H3. The Bertz CT molecular complexity index is 431. The van der Waals surface area contributed by atoms with Gasteiger partial charge in [-0.3, -0.25) is 0 Å². The molecule has 1 N–H and O–H groups in total. The molecule has 4 aliphatic carbocycles. The first-order chi connectivity index (χ1) is 9.79. The van der Waals surface area contributed by atoms with Gasteiger partial charge in [-0.2, -0.15) is 0 Å². The van der Waals surface area contributed by atoms with Crippen molar-refractivity contribution >= 4 is 0 Å². The summed E-state index contributed by atoms with van der Waals surface area (Å²) in [5.41, 5.74) is 1.11. The molecule has 1 heterocycles. The summed E-state index contributed by atoms with van der Waals surface area (Å²) in [6.45, 7) is 3.28. The van der Waals surface area contributed by atoms with Crippen molar-refractivity contribution in [3.8, 4) is 0 Å². The minimum absolute atomic E-state index is 0.625. The first-order valence-electron chi connectivity index (χ1n) is 8.28. The van der Waals surface area contributed by atoms with Crippen molar-refractivity contribution in [3.05, 3.63) is 24.3 Å². The highest BCUT2D eigenvalue weighted by Gasteiger charge is 2.49. The van der Waals surface area contributed by atoms with Crippen molar-refractivity contribution in [1.82, 2.24) is 15.3 Å². The second-order valence-corrected chi connectivity index (χ2v) is 7.38. The highest BCUT2D eigenvalue weighted by Crippen LogP contribution is 2.57. The molecule has 4 fully saturated rings. The molecular formula is C17H25N3. The Hall–Kier alpha value is -0.960. The first kappa shape index (κ1) is 12.8. The van der Waals surface area contributed by atoms with Crippen molar-refractivity contribution in [2.45, 2.75) is 51.6 Å². The maximum absolute atomic E-state index is 4.31. The number of nitrogens with one attached hydrogen (secondary N) is 1. The van der Waals surface area contributed by atoms with Crippen LogP contribution in [0, 0.1) is 29.6 Å². The Morgan fingerprint density at radius 3 is 2.45 bits per heavy atom. The average Bonchev–Trinajstić information content (AvgIpc) is 2.45. The molecule has 20 heavy (non-hydrogen) atoms. The molecule has 108 valence electrons. The van der Waals surface area contributed by atoms with Gasteiger partial charge in [0.15, 0.2) is 0 Å². The van der Waals surface area contributed by atoms with Crippen LogP contribution in [0.25, 0.3) is 0 Å². The van der Waals surface area contributed by atoms with Crippen LogP contribution in [0.1, 0.15) is 44.7 Å². The largest absolute Gasteiger partial charge is 0.308 e. The highest BCUT2D eigenvalue weighted by atomic mass is 14.9. The highest BCUT2D eigenvalue weighted by molar-refractivity contribution is 5.02.